The number of carbonyl (C=O) groups is 2. The maximum atomic E-state index is 11.9. The molecule has 110 valence electrons. The van der Waals surface area contributed by atoms with Crippen molar-refractivity contribution in [1.29, 1.82) is 0 Å². The van der Waals surface area contributed by atoms with E-state index in [-0.39, 0.29) is 31.1 Å². The number of rotatable bonds is 4. The first-order chi connectivity index (χ1) is 9.47. The van der Waals surface area contributed by atoms with Gasteiger partial charge in [0.05, 0.1) is 18.1 Å². The molecule has 0 spiro atoms. The number of nitrogens with one attached hydrogen (secondary N) is 1. The Bertz CT molecular complexity index is 512. The van der Waals surface area contributed by atoms with E-state index in [2.05, 4.69) is 10.3 Å². The molecule has 2 heterocycles. The summed E-state index contributed by atoms with van der Waals surface area (Å²) in [6.07, 6.45) is 1.51. The van der Waals surface area contributed by atoms with E-state index in [4.69, 9.17) is 4.74 Å². The van der Waals surface area contributed by atoms with Crippen LogP contribution >= 0.6 is 0 Å². The molecule has 0 aliphatic carbocycles. The molecule has 7 nitrogen and oxygen atoms in total. The van der Waals surface area contributed by atoms with Crippen molar-refractivity contribution in [1.82, 2.24) is 19.8 Å². The Morgan fingerprint density at radius 3 is 2.90 bits per heavy atom. The molecule has 1 fully saturated rings. The van der Waals surface area contributed by atoms with Gasteiger partial charge in [-0.25, -0.2) is 4.98 Å². The highest BCUT2D eigenvalue weighted by atomic mass is 16.5. The number of imidazole rings is 1. The third-order valence-corrected chi connectivity index (χ3v) is 3.53. The van der Waals surface area contributed by atoms with Gasteiger partial charge in [-0.15, -0.1) is 0 Å². The lowest BCUT2D eigenvalue weighted by molar-refractivity contribution is -0.146. The van der Waals surface area contributed by atoms with E-state index in [1.807, 2.05) is 18.4 Å². The zero-order chi connectivity index (χ0) is 14.7. The first-order valence-electron chi connectivity index (χ1n) is 6.58. The van der Waals surface area contributed by atoms with Gasteiger partial charge in [-0.1, -0.05) is 0 Å². The van der Waals surface area contributed by atoms with Gasteiger partial charge in [0.25, 0.3) is 0 Å². The van der Waals surface area contributed by atoms with Gasteiger partial charge in [-0.3, -0.25) is 9.59 Å². The molecule has 1 aromatic heterocycles. The van der Waals surface area contributed by atoms with Crippen LogP contribution in [0.25, 0.3) is 0 Å². The lowest BCUT2D eigenvalue weighted by atomic mass is 10.2. The van der Waals surface area contributed by atoms with Crippen LogP contribution < -0.4 is 5.32 Å². The Morgan fingerprint density at radius 2 is 2.30 bits per heavy atom. The van der Waals surface area contributed by atoms with Crippen molar-refractivity contribution in [2.24, 2.45) is 0 Å². The largest absolute Gasteiger partial charge is 0.365 e. The summed E-state index contributed by atoms with van der Waals surface area (Å²) in [5.74, 6) is -0.120. The summed E-state index contributed by atoms with van der Waals surface area (Å²) in [5, 5.41) is 2.82. The summed E-state index contributed by atoms with van der Waals surface area (Å²) in [5.41, 5.74) is 1.91. The van der Waals surface area contributed by atoms with Crippen LogP contribution in [0.2, 0.25) is 0 Å². The van der Waals surface area contributed by atoms with Crippen molar-refractivity contribution in [2.45, 2.75) is 26.5 Å². The monoisotopic (exact) mass is 280 g/mol. The molecule has 2 rings (SSSR count). The van der Waals surface area contributed by atoms with Gasteiger partial charge < -0.3 is 19.5 Å². The summed E-state index contributed by atoms with van der Waals surface area (Å²) >= 11 is 0. The fraction of sp³-hybridized carbons (Fsp3) is 0.615. The molecule has 1 aliphatic rings. The number of hydrogen-bond donors (Lipinski definition) is 1. The van der Waals surface area contributed by atoms with Gasteiger partial charge >= 0.3 is 0 Å². The van der Waals surface area contributed by atoms with E-state index in [0.29, 0.717) is 13.1 Å². The molecule has 0 bridgehead atoms. The molecule has 7 heteroatoms. The molecule has 1 aliphatic heterocycles. The average Bonchev–Trinajstić information content (AvgIpc) is 2.72. The molecule has 1 saturated heterocycles. The minimum Gasteiger partial charge on any atom is -0.365 e. The molecule has 0 unspecified atom stereocenters. The molecular weight excluding hydrogens is 260 g/mol. The van der Waals surface area contributed by atoms with Crippen LogP contribution in [0.15, 0.2) is 6.33 Å². The minimum atomic E-state index is -0.146. The van der Waals surface area contributed by atoms with Crippen molar-refractivity contribution < 1.29 is 14.3 Å². The molecule has 2 amide bonds. The molecule has 0 saturated carbocycles. The summed E-state index contributed by atoms with van der Waals surface area (Å²) in [4.78, 5) is 28.9. The summed E-state index contributed by atoms with van der Waals surface area (Å²) < 4.78 is 7.17. The fourth-order valence-electron chi connectivity index (χ4n) is 2.02. The second kappa shape index (κ2) is 6.04. The van der Waals surface area contributed by atoms with Crippen molar-refractivity contribution in [3.63, 3.8) is 0 Å². The van der Waals surface area contributed by atoms with Crippen LogP contribution in [0.1, 0.15) is 11.4 Å². The number of morpholine rings is 1. The highest BCUT2D eigenvalue weighted by Gasteiger charge is 2.23. The third-order valence-electron chi connectivity index (χ3n) is 3.53. The summed E-state index contributed by atoms with van der Waals surface area (Å²) in [7, 11) is 1.73. The predicted octanol–water partition coefficient (Wildman–Crippen LogP) is -0.527. The lowest BCUT2D eigenvalue weighted by Gasteiger charge is -2.29. The van der Waals surface area contributed by atoms with E-state index in [1.54, 1.807) is 18.3 Å². The first kappa shape index (κ1) is 14.5. The maximum absolute atomic E-state index is 11.9. The number of carbonyl (C=O) groups excluding carboxylic acids is 2. The molecule has 1 atom stereocenters. The van der Waals surface area contributed by atoms with Crippen molar-refractivity contribution in [3.05, 3.63) is 17.7 Å². The number of hydrogen-bond acceptors (Lipinski definition) is 4. The van der Waals surface area contributed by atoms with E-state index in [0.717, 1.165) is 11.4 Å². The Balaban J connectivity index is 1.78. The third kappa shape index (κ3) is 3.36. The Hall–Kier alpha value is -1.89. The van der Waals surface area contributed by atoms with Crippen LogP contribution in [0.4, 0.5) is 0 Å². The minimum absolute atomic E-state index is 0.0305. The van der Waals surface area contributed by atoms with Gasteiger partial charge in [0.1, 0.15) is 13.2 Å². The second-order valence-electron chi connectivity index (χ2n) is 5.05. The molecule has 0 radical (unpaired) electrons. The highest BCUT2D eigenvalue weighted by Crippen LogP contribution is 2.05. The smallest absolute Gasteiger partial charge is 0.248 e. The van der Waals surface area contributed by atoms with E-state index < -0.39 is 0 Å². The first-order valence-corrected chi connectivity index (χ1v) is 6.58. The van der Waals surface area contributed by atoms with Crippen molar-refractivity contribution >= 4 is 11.8 Å². The zero-order valence-electron chi connectivity index (χ0n) is 12.0. The number of aromatic nitrogens is 2. The van der Waals surface area contributed by atoms with Crippen LogP contribution in [0, 0.1) is 13.8 Å². The fourth-order valence-corrected chi connectivity index (χ4v) is 2.02. The summed E-state index contributed by atoms with van der Waals surface area (Å²) in [6.45, 7) is 5.07. The standard InChI is InChI=1S/C13H20N4O3/c1-9-10(2)17(8-15-9)6-12(18)14-4-11-5-16(3)13(19)7-20-11/h8,11H,4-7H2,1-3H3,(H,14,18)/t11-/m0/s1. The second-order valence-corrected chi connectivity index (χ2v) is 5.05. The quantitative estimate of drug-likeness (QED) is 0.804. The van der Waals surface area contributed by atoms with Crippen LogP contribution in [-0.4, -0.2) is 59.1 Å². The molecule has 20 heavy (non-hydrogen) atoms. The Kier molecular flexibility index (Phi) is 4.39. The number of aryl methyl sites for hydroxylation is 1. The van der Waals surface area contributed by atoms with E-state index in [1.165, 1.54) is 0 Å². The number of nitrogens with zero attached hydrogens (tertiary/aromatic N) is 3. The molecule has 1 aromatic rings. The Morgan fingerprint density at radius 1 is 1.55 bits per heavy atom. The topological polar surface area (TPSA) is 76.5 Å². The van der Waals surface area contributed by atoms with E-state index >= 15 is 0 Å². The zero-order valence-corrected chi connectivity index (χ0v) is 12.0. The average molecular weight is 280 g/mol. The lowest BCUT2D eigenvalue weighted by Crippen LogP contribution is -2.49. The Labute approximate surface area is 117 Å². The number of ether oxygens (including phenoxy) is 1. The number of amides is 2. The van der Waals surface area contributed by atoms with Gasteiger partial charge in [0.2, 0.25) is 11.8 Å². The van der Waals surface area contributed by atoms with E-state index in [9.17, 15) is 9.59 Å². The molecule has 0 aromatic carbocycles. The molecular formula is C13H20N4O3. The van der Waals surface area contributed by atoms with Crippen molar-refractivity contribution in [2.75, 3.05) is 26.7 Å². The van der Waals surface area contributed by atoms with Gasteiger partial charge in [0.15, 0.2) is 0 Å². The van der Waals surface area contributed by atoms with Gasteiger partial charge in [0, 0.05) is 25.8 Å². The SMILES string of the molecule is Cc1ncn(CC(=O)NC[C@H]2CN(C)C(=O)CO2)c1C. The molecule has 1 N–H and O–H groups in total. The van der Waals surface area contributed by atoms with Crippen LogP contribution in [0.3, 0.4) is 0 Å². The maximum Gasteiger partial charge on any atom is 0.248 e. The summed E-state index contributed by atoms with van der Waals surface area (Å²) in [6, 6.07) is 0. The predicted molar refractivity (Wildman–Crippen MR) is 72.1 cm³/mol. The normalized spacial score (nSPS) is 19.2. The van der Waals surface area contributed by atoms with Gasteiger partial charge in [-0.2, -0.15) is 0 Å². The van der Waals surface area contributed by atoms with Crippen molar-refractivity contribution in [3.8, 4) is 0 Å². The van der Waals surface area contributed by atoms with Crippen LogP contribution in [-0.2, 0) is 20.9 Å². The van der Waals surface area contributed by atoms with Crippen LogP contribution in [0.5, 0.6) is 0 Å². The van der Waals surface area contributed by atoms with Gasteiger partial charge in [-0.05, 0) is 13.8 Å². The number of likely N-dealkylation sites (N-methyl/N-ethyl adjacent to an activating group) is 1. The highest BCUT2D eigenvalue weighted by molar-refractivity contribution is 5.78.